The molecule has 3 N–H and O–H groups in total. The van der Waals surface area contributed by atoms with Crippen LogP contribution in [0.3, 0.4) is 0 Å². The lowest BCUT2D eigenvalue weighted by Gasteiger charge is -2.32. The van der Waals surface area contributed by atoms with E-state index in [4.69, 9.17) is 10.5 Å². The standard InChI is InChI=1S/C16H23N3O2/c17-11-12-4-1-2-7-15(12)18-13-5-3-6-14(10-13)19-8-9-21-16(19)20/h3,5-6,10,12,15,18H,1-2,4,7-9,11,17H2. The van der Waals surface area contributed by atoms with E-state index in [1.54, 1.807) is 4.90 Å². The number of benzene rings is 1. The van der Waals surface area contributed by atoms with Crippen molar-refractivity contribution in [3.05, 3.63) is 24.3 Å². The minimum atomic E-state index is -0.260. The zero-order chi connectivity index (χ0) is 14.7. The van der Waals surface area contributed by atoms with E-state index in [1.165, 1.54) is 19.3 Å². The molecular weight excluding hydrogens is 266 g/mol. The Kier molecular flexibility index (Phi) is 4.29. The van der Waals surface area contributed by atoms with Crippen LogP contribution in [0.25, 0.3) is 0 Å². The van der Waals surface area contributed by atoms with Gasteiger partial charge in [-0.1, -0.05) is 18.9 Å². The van der Waals surface area contributed by atoms with Gasteiger partial charge in [0.15, 0.2) is 0 Å². The Labute approximate surface area is 125 Å². The summed E-state index contributed by atoms with van der Waals surface area (Å²) in [6.07, 6.45) is 4.64. The molecule has 2 atom stereocenters. The normalized spacial score (nSPS) is 25.8. The van der Waals surface area contributed by atoms with Gasteiger partial charge in [-0.25, -0.2) is 4.79 Å². The van der Waals surface area contributed by atoms with Crippen molar-refractivity contribution >= 4 is 17.5 Å². The number of hydrogen-bond acceptors (Lipinski definition) is 4. The molecule has 1 aliphatic carbocycles. The number of cyclic esters (lactones) is 1. The number of hydrogen-bond donors (Lipinski definition) is 2. The highest BCUT2D eigenvalue weighted by molar-refractivity contribution is 5.89. The molecule has 5 heteroatoms. The molecule has 1 aliphatic heterocycles. The van der Waals surface area contributed by atoms with Crippen LogP contribution in [0.5, 0.6) is 0 Å². The first-order valence-electron chi connectivity index (χ1n) is 7.79. The Morgan fingerprint density at radius 2 is 2.19 bits per heavy atom. The van der Waals surface area contributed by atoms with Crippen LogP contribution < -0.4 is 16.0 Å². The third-order valence-corrected chi connectivity index (χ3v) is 4.48. The fourth-order valence-electron chi connectivity index (χ4n) is 3.29. The second kappa shape index (κ2) is 6.35. The first kappa shape index (κ1) is 14.2. The van der Waals surface area contributed by atoms with Crippen molar-refractivity contribution in [3.8, 4) is 0 Å². The molecule has 3 rings (SSSR count). The van der Waals surface area contributed by atoms with Gasteiger partial charge in [0.25, 0.3) is 0 Å². The Morgan fingerprint density at radius 1 is 1.33 bits per heavy atom. The second-order valence-corrected chi connectivity index (χ2v) is 5.85. The average molecular weight is 289 g/mol. The summed E-state index contributed by atoms with van der Waals surface area (Å²) in [6, 6.07) is 8.43. The summed E-state index contributed by atoms with van der Waals surface area (Å²) in [4.78, 5) is 13.3. The van der Waals surface area contributed by atoms with Crippen molar-refractivity contribution in [3.63, 3.8) is 0 Å². The first-order chi connectivity index (χ1) is 10.3. The molecule has 0 radical (unpaired) electrons. The van der Waals surface area contributed by atoms with Gasteiger partial charge in [0.05, 0.1) is 6.54 Å². The van der Waals surface area contributed by atoms with E-state index in [2.05, 4.69) is 5.32 Å². The van der Waals surface area contributed by atoms with Crippen molar-refractivity contribution in [2.45, 2.75) is 31.7 Å². The summed E-state index contributed by atoms with van der Waals surface area (Å²) in [7, 11) is 0. The highest BCUT2D eigenvalue weighted by Crippen LogP contribution is 2.28. The van der Waals surface area contributed by atoms with Crippen LogP contribution in [0.1, 0.15) is 25.7 Å². The van der Waals surface area contributed by atoms with E-state index in [1.807, 2.05) is 24.3 Å². The van der Waals surface area contributed by atoms with Crippen molar-refractivity contribution < 1.29 is 9.53 Å². The molecule has 1 amide bonds. The molecule has 1 saturated heterocycles. The zero-order valence-corrected chi connectivity index (χ0v) is 12.3. The van der Waals surface area contributed by atoms with E-state index in [0.717, 1.165) is 24.3 Å². The number of nitrogens with one attached hydrogen (secondary N) is 1. The highest BCUT2D eigenvalue weighted by Gasteiger charge is 2.25. The van der Waals surface area contributed by atoms with Gasteiger partial charge >= 0.3 is 6.09 Å². The summed E-state index contributed by atoms with van der Waals surface area (Å²) in [5.41, 5.74) is 7.83. The SMILES string of the molecule is NCC1CCCCC1Nc1cccc(N2CCOC2=O)c1. The topological polar surface area (TPSA) is 67.6 Å². The van der Waals surface area contributed by atoms with Gasteiger partial charge in [-0.15, -0.1) is 0 Å². The fraction of sp³-hybridized carbons (Fsp3) is 0.562. The lowest BCUT2D eigenvalue weighted by molar-refractivity contribution is 0.181. The van der Waals surface area contributed by atoms with Crippen LogP contribution in [0.15, 0.2) is 24.3 Å². The molecule has 1 saturated carbocycles. The molecule has 1 heterocycles. The predicted octanol–water partition coefficient (Wildman–Crippen LogP) is 2.57. The van der Waals surface area contributed by atoms with Crippen molar-refractivity contribution in [1.82, 2.24) is 0 Å². The zero-order valence-electron chi connectivity index (χ0n) is 12.3. The van der Waals surface area contributed by atoms with Gasteiger partial charge < -0.3 is 15.8 Å². The van der Waals surface area contributed by atoms with E-state index < -0.39 is 0 Å². The minimum absolute atomic E-state index is 0.260. The third kappa shape index (κ3) is 3.13. The summed E-state index contributed by atoms with van der Waals surface area (Å²) in [6.45, 7) is 1.82. The Hall–Kier alpha value is -1.75. The van der Waals surface area contributed by atoms with Gasteiger partial charge in [-0.3, -0.25) is 4.90 Å². The van der Waals surface area contributed by atoms with Gasteiger partial charge in [0.2, 0.25) is 0 Å². The molecular formula is C16H23N3O2. The molecule has 1 aromatic carbocycles. The van der Waals surface area contributed by atoms with Crippen LogP contribution in [-0.4, -0.2) is 31.8 Å². The van der Waals surface area contributed by atoms with Crippen LogP contribution in [-0.2, 0) is 4.74 Å². The summed E-state index contributed by atoms with van der Waals surface area (Å²) in [5.74, 6) is 0.541. The van der Waals surface area contributed by atoms with E-state index >= 15 is 0 Å². The third-order valence-electron chi connectivity index (χ3n) is 4.48. The fourth-order valence-corrected chi connectivity index (χ4v) is 3.29. The molecule has 2 aliphatic rings. The van der Waals surface area contributed by atoms with Crippen LogP contribution in [0.4, 0.5) is 16.2 Å². The number of nitrogens with two attached hydrogens (primary N) is 1. The van der Waals surface area contributed by atoms with E-state index in [9.17, 15) is 4.79 Å². The smallest absolute Gasteiger partial charge is 0.414 e. The molecule has 0 bridgehead atoms. The van der Waals surface area contributed by atoms with Crippen LogP contribution in [0.2, 0.25) is 0 Å². The van der Waals surface area contributed by atoms with Gasteiger partial charge in [-0.2, -0.15) is 0 Å². The maximum absolute atomic E-state index is 11.6. The maximum atomic E-state index is 11.6. The number of ether oxygens (including phenoxy) is 1. The average Bonchev–Trinajstić information content (AvgIpc) is 2.94. The molecule has 2 fully saturated rings. The molecule has 21 heavy (non-hydrogen) atoms. The first-order valence-corrected chi connectivity index (χ1v) is 7.79. The lowest BCUT2D eigenvalue weighted by atomic mass is 9.84. The maximum Gasteiger partial charge on any atom is 0.414 e. The molecule has 0 aromatic heterocycles. The van der Waals surface area contributed by atoms with Gasteiger partial charge in [-0.05, 0) is 43.5 Å². The van der Waals surface area contributed by atoms with Gasteiger partial charge in [0.1, 0.15) is 6.61 Å². The predicted molar refractivity (Wildman–Crippen MR) is 83.6 cm³/mol. The Balaban J connectivity index is 1.72. The van der Waals surface area contributed by atoms with Crippen LogP contribution >= 0.6 is 0 Å². The van der Waals surface area contributed by atoms with Crippen molar-refractivity contribution in [1.29, 1.82) is 0 Å². The van der Waals surface area contributed by atoms with Crippen molar-refractivity contribution in [2.75, 3.05) is 29.9 Å². The highest BCUT2D eigenvalue weighted by atomic mass is 16.6. The molecule has 0 spiro atoms. The molecule has 1 aromatic rings. The van der Waals surface area contributed by atoms with E-state index in [-0.39, 0.29) is 6.09 Å². The van der Waals surface area contributed by atoms with E-state index in [0.29, 0.717) is 25.1 Å². The number of rotatable bonds is 4. The number of anilines is 2. The summed E-state index contributed by atoms with van der Waals surface area (Å²) in [5, 5.41) is 3.60. The summed E-state index contributed by atoms with van der Waals surface area (Å²) >= 11 is 0. The van der Waals surface area contributed by atoms with Crippen LogP contribution in [0, 0.1) is 5.92 Å². The molecule has 114 valence electrons. The van der Waals surface area contributed by atoms with Crippen molar-refractivity contribution in [2.24, 2.45) is 11.7 Å². The summed E-state index contributed by atoms with van der Waals surface area (Å²) < 4.78 is 4.99. The molecule has 5 nitrogen and oxygen atoms in total. The Morgan fingerprint density at radius 3 is 2.95 bits per heavy atom. The Bertz CT molecular complexity index is 506. The second-order valence-electron chi connectivity index (χ2n) is 5.85. The number of carbonyl (C=O) groups is 1. The number of carbonyl (C=O) groups excluding carboxylic acids is 1. The molecule has 2 unspecified atom stereocenters. The largest absolute Gasteiger partial charge is 0.447 e. The quantitative estimate of drug-likeness (QED) is 0.894. The van der Waals surface area contributed by atoms with Gasteiger partial charge in [0, 0.05) is 17.4 Å². The monoisotopic (exact) mass is 289 g/mol. The number of amides is 1. The number of nitrogens with zero attached hydrogens (tertiary/aromatic N) is 1. The minimum Gasteiger partial charge on any atom is -0.447 e. The lowest BCUT2D eigenvalue weighted by Crippen LogP contribution is -2.36.